The van der Waals surface area contributed by atoms with Gasteiger partial charge in [-0.2, -0.15) is 5.26 Å². The van der Waals surface area contributed by atoms with Crippen LogP contribution in [0.5, 0.6) is 0 Å². The number of nitriles is 1. The standard InChI is InChI=1S/C11H18N2/c1-7(6-12)8(2)13-11-9-4-3-5-10(9)11/h7-11,13H,3-5H2,1-2H3. The molecule has 0 aromatic heterocycles. The molecule has 1 N–H and O–H groups in total. The Labute approximate surface area is 80.3 Å². The van der Waals surface area contributed by atoms with E-state index in [1.807, 2.05) is 6.92 Å². The Hall–Kier alpha value is -0.550. The maximum absolute atomic E-state index is 8.75. The number of hydrogen-bond acceptors (Lipinski definition) is 2. The molecule has 2 rings (SSSR count). The van der Waals surface area contributed by atoms with E-state index >= 15 is 0 Å². The second kappa shape index (κ2) is 3.31. The van der Waals surface area contributed by atoms with Gasteiger partial charge in [-0.25, -0.2) is 0 Å². The van der Waals surface area contributed by atoms with Crippen LogP contribution in [0, 0.1) is 29.1 Å². The normalized spacial score (nSPS) is 40.5. The Morgan fingerprint density at radius 1 is 1.31 bits per heavy atom. The second-order valence-corrected chi connectivity index (χ2v) is 4.66. The fourth-order valence-corrected chi connectivity index (χ4v) is 2.63. The molecular formula is C11H18N2. The second-order valence-electron chi connectivity index (χ2n) is 4.66. The van der Waals surface area contributed by atoms with Gasteiger partial charge in [-0.05, 0) is 38.5 Å². The van der Waals surface area contributed by atoms with Crippen molar-refractivity contribution < 1.29 is 0 Å². The molecule has 2 aliphatic carbocycles. The molecule has 2 nitrogen and oxygen atoms in total. The largest absolute Gasteiger partial charge is 0.310 e. The van der Waals surface area contributed by atoms with Gasteiger partial charge in [0.2, 0.25) is 0 Å². The van der Waals surface area contributed by atoms with E-state index in [0.717, 1.165) is 17.9 Å². The molecule has 2 aliphatic rings. The van der Waals surface area contributed by atoms with Gasteiger partial charge in [-0.15, -0.1) is 0 Å². The average molecular weight is 178 g/mol. The molecule has 72 valence electrons. The van der Waals surface area contributed by atoms with Crippen LogP contribution in [0.1, 0.15) is 33.1 Å². The first-order valence-electron chi connectivity index (χ1n) is 5.39. The van der Waals surface area contributed by atoms with Crippen molar-refractivity contribution >= 4 is 0 Å². The van der Waals surface area contributed by atoms with Gasteiger partial charge in [0, 0.05) is 12.1 Å². The number of fused-ring (bicyclic) bond motifs is 1. The maximum Gasteiger partial charge on any atom is 0.0669 e. The summed E-state index contributed by atoms with van der Waals surface area (Å²) < 4.78 is 0. The van der Waals surface area contributed by atoms with E-state index in [-0.39, 0.29) is 5.92 Å². The highest BCUT2D eigenvalue weighted by atomic mass is 15.0. The molecule has 0 bridgehead atoms. The molecule has 13 heavy (non-hydrogen) atoms. The summed E-state index contributed by atoms with van der Waals surface area (Å²) >= 11 is 0. The zero-order valence-electron chi connectivity index (χ0n) is 8.46. The summed E-state index contributed by atoms with van der Waals surface area (Å²) in [5, 5.41) is 12.3. The predicted molar refractivity (Wildman–Crippen MR) is 52.0 cm³/mol. The third kappa shape index (κ3) is 1.58. The first-order chi connectivity index (χ1) is 6.24. The molecule has 2 fully saturated rings. The van der Waals surface area contributed by atoms with Gasteiger partial charge in [0.05, 0.1) is 12.0 Å². The number of nitrogens with one attached hydrogen (secondary N) is 1. The zero-order valence-corrected chi connectivity index (χ0v) is 8.46. The van der Waals surface area contributed by atoms with Crippen LogP contribution in [-0.4, -0.2) is 12.1 Å². The number of hydrogen-bond donors (Lipinski definition) is 1. The van der Waals surface area contributed by atoms with Crippen molar-refractivity contribution in [3.05, 3.63) is 0 Å². The van der Waals surface area contributed by atoms with Crippen LogP contribution in [0.4, 0.5) is 0 Å². The predicted octanol–water partition coefficient (Wildman–Crippen LogP) is 1.92. The minimum Gasteiger partial charge on any atom is -0.310 e. The quantitative estimate of drug-likeness (QED) is 0.716. The van der Waals surface area contributed by atoms with Crippen molar-refractivity contribution in [3.63, 3.8) is 0 Å². The minimum absolute atomic E-state index is 0.140. The van der Waals surface area contributed by atoms with Crippen molar-refractivity contribution in [1.29, 1.82) is 5.26 Å². The van der Waals surface area contributed by atoms with E-state index in [9.17, 15) is 0 Å². The SMILES string of the molecule is CC(C#N)C(C)NC1C2CCCC21. The summed E-state index contributed by atoms with van der Waals surface area (Å²) in [6, 6.07) is 3.41. The summed E-state index contributed by atoms with van der Waals surface area (Å²) in [5.74, 6) is 2.04. The molecule has 2 saturated carbocycles. The molecule has 0 heterocycles. The Bertz CT molecular complexity index is 221. The highest BCUT2D eigenvalue weighted by molar-refractivity contribution is 5.08. The van der Waals surface area contributed by atoms with Crippen molar-refractivity contribution in [1.82, 2.24) is 5.32 Å². The molecule has 0 aromatic rings. The lowest BCUT2D eigenvalue weighted by molar-refractivity contribution is 0.429. The van der Waals surface area contributed by atoms with Crippen molar-refractivity contribution in [2.75, 3.05) is 0 Å². The van der Waals surface area contributed by atoms with Gasteiger partial charge in [0.15, 0.2) is 0 Å². The van der Waals surface area contributed by atoms with Crippen LogP contribution in [-0.2, 0) is 0 Å². The summed E-state index contributed by atoms with van der Waals surface area (Å²) in [6.07, 6.45) is 4.25. The molecule has 0 aromatic carbocycles. The zero-order chi connectivity index (χ0) is 9.42. The van der Waals surface area contributed by atoms with Gasteiger partial charge in [-0.1, -0.05) is 6.42 Å². The van der Waals surface area contributed by atoms with Crippen LogP contribution in [0.2, 0.25) is 0 Å². The Morgan fingerprint density at radius 3 is 2.46 bits per heavy atom. The molecular weight excluding hydrogens is 160 g/mol. The Kier molecular flexibility index (Phi) is 2.29. The molecule has 0 saturated heterocycles. The fraction of sp³-hybridized carbons (Fsp3) is 0.909. The Balaban J connectivity index is 1.78. The highest BCUT2D eigenvalue weighted by Crippen LogP contribution is 2.52. The van der Waals surface area contributed by atoms with E-state index in [1.165, 1.54) is 19.3 Å². The summed E-state index contributed by atoms with van der Waals surface area (Å²) in [5.41, 5.74) is 0. The van der Waals surface area contributed by atoms with Gasteiger partial charge >= 0.3 is 0 Å². The first-order valence-corrected chi connectivity index (χ1v) is 5.39. The third-order valence-corrected chi connectivity index (χ3v) is 3.82. The van der Waals surface area contributed by atoms with Crippen LogP contribution < -0.4 is 5.32 Å². The third-order valence-electron chi connectivity index (χ3n) is 3.82. The van der Waals surface area contributed by atoms with Crippen molar-refractivity contribution in [3.8, 4) is 6.07 Å². The van der Waals surface area contributed by atoms with Crippen LogP contribution >= 0.6 is 0 Å². The van der Waals surface area contributed by atoms with E-state index in [2.05, 4.69) is 18.3 Å². The molecule has 4 unspecified atom stereocenters. The lowest BCUT2D eigenvalue weighted by Crippen LogP contribution is -2.35. The van der Waals surface area contributed by atoms with Gasteiger partial charge in [0.25, 0.3) is 0 Å². The van der Waals surface area contributed by atoms with Gasteiger partial charge < -0.3 is 5.32 Å². The average Bonchev–Trinajstić information content (AvgIpc) is 2.63. The fourth-order valence-electron chi connectivity index (χ4n) is 2.63. The smallest absolute Gasteiger partial charge is 0.0669 e. The van der Waals surface area contributed by atoms with Crippen molar-refractivity contribution in [2.24, 2.45) is 17.8 Å². The monoisotopic (exact) mass is 178 g/mol. The van der Waals surface area contributed by atoms with Crippen LogP contribution in [0.25, 0.3) is 0 Å². The Morgan fingerprint density at radius 2 is 1.92 bits per heavy atom. The molecule has 4 atom stereocenters. The summed E-state index contributed by atoms with van der Waals surface area (Å²) in [7, 11) is 0. The van der Waals surface area contributed by atoms with E-state index in [1.54, 1.807) is 0 Å². The lowest BCUT2D eigenvalue weighted by Gasteiger charge is -2.16. The van der Waals surface area contributed by atoms with Gasteiger partial charge in [-0.3, -0.25) is 0 Å². The molecule has 0 aliphatic heterocycles. The van der Waals surface area contributed by atoms with Crippen LogP contribution in [0.15, 0.2) is 0 Å². The molecule has 2 heteroatoms. The van der Waals surface area contributed by atoms with E-state index < -0.39 is 0 Å². The summed E-state index contributed by atoms with van der Waals surface area (Å²) in [6.45, 7) is 4.12. The van der Waals surface area contributed by atoms with Crippen LogP contribution in [0.3, 0.4) is 0 Å². The number of rotatable bonds is 3. The molecule has 0 amide bonds. The van der Waals surface area contributed by atoms with Crippen molar-refractivity contribution in [2.45, 2.75) is 45.2 Å². The highest BCUT2D eigenvalue weighted by Gasteiger charge is 2.52. The lowest BCUT2D eigenvalue weighted by atomic mass is 10.1. The number of nitrogens with zero attached hydrogens (tertiary/aromatic N) is 1. The molecule has 0 radical (unpaired) electrons. The van der Waals surface area contributed by atoms with Gasteiger partial charge in [0.1, 0.15) is 0 Å². The van der Waals surface area contributed by atoms with E-state index in [0.29, 0.717) is 6.04 Å². The van der Waals surface area contributed by atoms with E-state index in [4.69, 9.17) is 5.26 Å². The topological polar surface area (TPSA) is 35.8 Å². The summed E-state index contributed by atoms with van der Waals surface area (Å²) in [4.78, 5) is 0. The maximum atomic E-state index is 8.75. The minimum atomic E-state index is 0.140. The molecule has 0 spiro atoms. The first kappa shape index (κ1) is 9.02.